The molecule has 0 aliphatic carbocycles. The van der Waals surface area contributed by atoms with Crippen LogP contribution in [0.15, 0.2) is 17.4 Å². The predicted molar refractivity (Wildman–Crippen MR) is 89.7 cm³/mol. The fraction of sp³-hybridized carbons (Fsp3) is 0.750. The summed E-state index contributed by atoms with van der Waals surface area (Å²) >= 11 is 0. The van der Waals surface area contributed by atoms with E-state index >= 15 is 0 Å². The molecule has 0 fully saturated rings. The van der Waals surface area contributed by atoms with Gasteiger partial charge in [0.05, 0.1) is 12.7 Å². The van der Waals surface area contributed by atoms with Crippen molar-refractivity contribution in [3.63, 3.8) is 0 Å². The summed E-state index contributed by atoms with van der Waals surface area (Å²) in [6, 6.07) is 0.458. The van der Waals surface area contributed by atoms with E-state index in [9.17, 15) is 0 Å². The Bertz CT molecular complexity index is 411. The third kappa shape index (κ3) is 7.73. The molecule has 0 saturated heterocycles. The van der Waals surface area contributed by atoms with Gasteiger partial charge in [-0.15, -0.1) is 0 Å². The highest BCUT2D eigenvalue weighted by Crippen LogP contribution is 2.05. The molecule has 1 aromatic rings. The highest BCUT2D eigenvalue weighted by molar-refractivity contribution is 5.79. The second-order valence-corrected chi connectivity index (χ2v) is 5.67. The summed E-state index contributed by atoms with van der Waals surface area (Å²) in [4.78, 5) is 4.27. The zero-order valence-corrected chi connectivity index (χ0v) is 14.0. The highest BCUT2D eigenvalue weighted by atomic mass is 15.3. The van der Waals surface area contributed by atoms with Gasteiger partial charge in [0.25, 0.3) is 0 Å². The van der Waals surface area contributed by atoms with E-state index in [1.807, 2.05) is 24.1 Å². The van der Waals surface area contributed by atoms with Crippen LogP contribution in [-0.2, 0) is 6.54 Å². The zero-order chi connectivity index (χ0) is 15.5. The van der Waals surface area contributed by atoms with Crippen molar-refractivity contribution in [3.05, 3.63) is 18.0 Å². The van der Waals surface area contributed by atoms with Crippen LogP contribution in [0.3, 0.4) is 0 Å². The molecule has 0 radical (unpaired) electrons. The quantitative estimate of drug-likeness (QED) is 0.418. The fourth-order valence-corrected chi connectivity index (χ4v) is 2.26. The lowest BCUT2D eigenvalue weighted by Gasteiger charge is -2.17. The van der Waals surface area contributed by atoms with Crippen molar-refractivity contribution in [1.82, 2.24) is 20.4 Å². The number of nitrogens with zero attached hydrogens (tertiary/aromatic N) is 3. The Kier molecular flexibility index (Phi) is 8.55. The average molecular weight is 293 g/mol. The number of hydrogen-bond acceptors (Lipinski definition) is 2. The van der Waals surface area contributed by atoms with Crippen molar-refractivity contribution >= 4 is 5.96 Å². The Balaban J connectivity index is 2.19. The number of nitrogens with one attached hydrogen (secondary N) is 2. The van der Waals surface area contributed by atoms with Gasteiger partial charge in [-0.1, -0.05) is 32.6 Å². The van der Waals surface area contributed by atoms with E-state index in [0.717, 1.165) is 19.0 Å². The second kappa shape index (κ2) is 10.2. The van der Waals surface area contributed by atoms with Crippen molar-refractivity contribution < 1.29 is 0 Å². The van der Waals surface area contributed by atoms with E-state index in [1.165, 1.54) is 37.7 Å². The molecule has 120 valence electrons. The van der Waals surface area contributed by atoms with Crippen molar-refractivity contribution in [2.75, 3.05) is 13.6 Å². The first kappa shape index (κ1) is 17.5. The monoisotopic (exact) mass is 293 g/mol. The van der Waals surface area contributed by atoms with Crippen molar-refractivity contribution in [3.8, 4) is 0 Å². The molecule has 1 atom stereocenters. The number of aryl methyl sites for hydroxylation is 1. The first-order valence-corrected chi connectivity index (χ1v) is 8.12. The van der Waals surface area contributed by atoms with E-state index in [2.05, 4.69) is 41.5 Å². The molecule has 0 aliphatic rings. The Morgan fingerprint density at radius 3 is 2.81 bits per heavy atom. The maximum atomic E-state index is 4.27. The van der Waals surface area contributed by atoms with Crippen molar-refractivity contribution in [2.24, 2.45) is 4.99 Å². The van der Waals surface area contributed by atoms with Gasteiger partial charge in [0.15, 0.2) is 5.96 Å². The van der Waals surface area contributed by atoms with Crippen LogP contribution in [0.25, 0.3) is 0 Å². The fourth-order valence-electron chi connectivity index (χ4n) is 2.26. The summed E-state index contributed by atoms with van der Waals surface area (Å²) in [5.41, 5.74) is 1.19. The standard InChI is InChI=1S/C16H31N5/c1-5-6-7-8-9-15(3)20-16(17-4)18-10-11-21-13-14(2)12-19-21/h12-13,15H,5-11H2,1-4H3,(H2,17,18,20). The van der Waals surface area contributed by atoms with Gasteiger partial charge in [-0.2, -0.15) is 5.10 Å². The third-order valence-electron chi connectivity index (χ3n) is 3.49. The van der Waals surface area contributed by atoms with Gasteiger partial charge in [0.2, 0.25) is 0 Å². The zero-order valence-electron chi connectivity index (χ0n) is 14.0. The van der Waals surface area contributed by atoms with Crippen LogP contribution in [0.5, 0.6) is 0 Å². The minimum Gasteiger partial charge on any atom is -0.355 e. The summed E-state index contributed by atoms with van der Waals surface area (Å²) in [5.74, 6) is 0.877. The van der Waals surface area contributed by atoms with Crippen LogP contribution in [-0.4, -0.2) is 35.4 Å². The van der Waals surface area contributed by atoms with Gasteiger partial charge in [-0.3, -0.25) is 9.67 Å². The molecule has 2 N–H and O–H groups in total. The maximum Gasteiger partial charge on any atom is 0.191 e. The number of guanidine groups is 1. The first-order valence-electron chi connectivity index (χ1n) is 8.12. The Morgan fingerprint density at radius 2 is 2.19 bits per heavy atom. The molecule has 1 heterocycles. The van der Waals surface area contributed by atoms with Crippen LogP contribution in [0.2, 0.25) is 0 Å². The Labute approximate surface area is 129 Å². The third-order valence-corrected chi connectivity index (χ3v) is 3.49. The molecule has 0 amide bonds. The van der Waals surface area contributed by atoms with Crippen molar-refractivity contribution in [1.29, 1.82) is 0 Å². The maximum absolute atomic E-state index is 4.27. The predicted octanol–water partition coefficient (Wildman–Crippen LogP) is 2.72. The Hall–Kier alpha value is -1.52. The molecule has 0 spiro atoms. The van der Waals surface area contributed by atoms with Crippen LogP contribution >= 0.6 is 0 Å². The topological polar surface area (TPSA) is 54.2 Å². The molecule has 0 saturated carbocycles. The van der Waals surface area contributed by atoms with Gasteiger partial charge in [-0.25, -0.2) is 0 Å². The van der Waals surface area contributed by atoms with Gasteiger partial charge >= 0.3 is 0 Å². The summed E-state index contributed by atoms with van der Waals surface area (Å²) < 4.78 is 1.95. The van der Waals surface area contributed by atoms with Gasteiger partial charge in [0, 0.05) is 25.8 Å². The number of unbranched alkanes of at least 4 members (excludes halogenated alkanes) is 3. The number of hydrogen-bond donors (Lipinski definition) is 2. The first-order chi connectivity index (χ1) is 10.2. The molecule has 5 nitrogen and oxygen atoms in total. The molecule has 1 aromatic heterocycles. The summed E-state index contributed by atoms with van der Waals surface area (Å²) in [6.45, 7) is 8.19. The van der Waals surface area contributed by atoms with Crippen LogP contribution < -0.4 is 10.6 Å². The molecular weight excluding hydrogens is 262 g/mol. The second-order valence-electron chi connectivity index (χ2n) is 5.67. The molecule has 1 rings (SSSR count). The van der Waals surface area contributed by atoms with E-state index in [-0.39, 0.29) is 0 Å². The molecule has 0 aliphatic heterocycles. The van der Waals surface area contributed by atoms with Crippen molar-refractivity contribution in [2.45, 2.75) is 65.5 Å². The lowest BCUT2D eigenvalue weighted by atomic mass is 10.1. The summed E-state index contributed by atoms with van der Waals surface area (Å²) in [5, 5.41) is 11.1. The number of rotatable bonds is 9. The molecule has 5 heteroatoms. The van der Waals surface area contributed by atoms with Gasteiger partial charge in [0.1, 0.15) is 0 Å². The number of aromatic nitrogens is 2. The molecule has 0 bridgehead atoms. The minimum atomic E-state index is 0.458. The van der Waals surface area contributed by atoms with Crippen LogP contribution in [0.1, 0.15) is 51.5 Å². The molecule has 21 heavy (non-hydrogen) atoms. The smallest absolute Gasteiger partial charge is 0.191 e. The lowest BCUT2D eigenvalue weighted by molar-refractivity contribution is 0.532. The molecular formula is C16H31N5. The normalized spacial score (nSPS) is 13.2. The largest absolute Gasteiger partial charge is 0.355 e. The van der Waals surface area contributed by atoms with E-state index < -0.39 is 0 Å². The molecule has 1 unspecified atom stereocenters. The van der Waals surface area contributed by atoms with E-state index in [0.29, 0.717) is 6.04 Å². The van der Waals surface area contributed by atoms with Crippen LogP contribution in [0.4, 0.5) is 0 Å². The summed E-state index contributed by atoms with van der Waals surface area (Å²) in [7, 11) is 1.82. The average Bonchev–Trinajstić information content (AvgIpc) is 2.88. The lowest BCUT2D eigenvalue weighted by Crippen LogP contribution is -2.43. The van der Waals surface area contributed by atoms with E-state index in [1.54, 1.807) is 0 Å². The highest BCUT2D eigenvalue weighted by Gasteiger charge is 2.04. The summed E-state index contributed by atoms with van der Waals surface area (Å²) in [6.07, 6.45) is 10.4. The van der Waals surface area contributed by atoms with Crippen LogP contribution in [0, 0.1) is 6.92 Å². The number of aliphatic imine (C=N–C) groups is 1. The SMILES string of the molecule is CCCCCCC(C)NC(=NC)NCCn1cc(C)cn1. The van der Waals surface area contributed by atoms with Gasteiger partial charge in [-0.05, 0) is 25.8 Å². The van der Waals surface area contributed by atoms with E-state index in [4.69, 9.17) is 0 Å². The van der Waals surface area contributed by atoms with Gasteiger partial charge < -0.3 is 10.6 Å². The molecule has 0 aromatic carbocycles. The minimum absolute atomic E-state index is 0.458. The Morgan fingerprint density at radius 1 is 1.38 bits per heavy atom.